The highest BCUT2D eigenvalue weighted by molar-refractivity contribution is 14.1. The van der Waals surface area contributed by atoms with Gasteiger partial charge in [-0.15, -0.1) is 0 Å². The Kier molecular flexibility index (Phi) is 7.61. The lowest BCUT2D eigenvalue weighted by molar-refractivity contribution is 0.122. The van der Waals surface area contributed by atoms with E-state index in [0.29, 0.717) is 38.1 Å². The van der Waals surface area contributed by atoms with E-state index in [-0.39, 0.29) is 0 Å². The first-order valence-corrected chi connectivity index (χ1v) is 11.1. The fourth-order valence-corrected chi connectivity index (χ4v) is 3.61. The summed E-state index contributed by atoms with van der Waals surface area (Å²) in [6.45, 7) is 3.33. The van der Waals surface area contributed by atoms with Crippen molar-refractivity contribution >= 4 is 40.4 Å². The number of nitrogens with one attached hydrogen (secondary N) is 1. The Hall–Kier alpha value is -2.79. The molecule has 0 aliphatic carbocycles. The van der Waals surface area contributed by atoms with Crippen molar-refractivity contribution in [2.75, 3.05) is 43.2 Å². The number of aromatic nitrogens is 3. The average Bonchev–Trinajstić information content (AvgIpc) is 2.80. The Morgan fingerprint density at radius 1 is 1.13 bits per heavy atom. The van der Waals surface area contributed by atoms with Crippen LogP contribution in [0.15, 0.2) is 59.8 Å². The third kappa shape index (κ3) is 6.59. The molecule has 9 heteroatoms. The first-order valence-electron chi connectivity index (χ1n) is 10.1. The number of halogens is 1. The number of ether oxygens (including phenoxy) is 2. The second-order valence-electron chi connectivity index (χ2n) is 6.84. The number of pyridine rings is 1. The summed E-state index contributed by atoms with van der Waals surface area (Å²) >= 11 is 2.28. The van der Waals surface area contributed by atoms with E-state index in [1.165, 1.54) is 0 Å². The van der Waals surface area contributed by atoms with Gasteiger partial charge in [0.05, 0.1) is 26.0 Å². The minimum Gasteiger partial charge on any atom is -0.463 e. The van der Waals surface area contributed by atoms with Crippen molar-refractivity contribution in [2.24, 2.45) is 5.10 Å². The molecule has 1 aliphatic rings. The highest BCUT2D eigenvalue weighted by Crippen LogP contribution is 2.21. The van der Waals surface area contributed by atoms with Crippen molar-refractivity contribution in [3.05, 3.63) is 69.6 Å². The Labute approximate surface area is 194 Å². The van der Waals surface area contributed by atoms with Gasteiger partial charge in [-0.25, -0.2) is 0 Å². The van der Waals surface area contributed by atoms with Gasteiger partial charge in [0.25, 0.3) is 0 Å². The van der Waals surface area contributed by atoms with Crippen LogP contribution in [-0.2, 0) is 11.2 Å². The molecule has 1 fully saturated rings. The van der Waals surface area contributed by atoms with Gasteiger partial charge in [0.2, 0.25) is 0 Å². The fourth-order valence-electron chi connectivity index (χ4n) is 3.04. The second-order valence-corrected chi connectivity index (χ2v) is 8.08. The Morgan fingerprint density at radius 2 is 2.03 bits per heavy atom. The van der Waals surface area contributed by atoms with E-state index < -0.39 is 0 Å². The number of nitrogens with zero attached hydrogens (tertiary/aromatic N) is 5. The number of hydrogen-bond acceptors (Lipinski definition) is 8. The first-order chi connectivity index (χ1) is 15.3. The third-order valence-electron chi connectivity index (χ3n) is 4.58. The van der Waals surface area contributed by atoms with E-state index in [1.54, 1.807) is 12.4 Å². The number of benzene rings is 1. The van der Waals surface area contributed by atoms with Crippen LogP contribution in [0, 0.1) is 3.57 Å². The van der Waals surface area contributed by atoms with Crippen LogP contribution in [0.3, 0.4) is 0 Å². The maximum atomic E-state index is 5.85. The molecule has 0 radical (unpaired) electrons. The molecule has 8 nitrogen and oxygen atoms in total. The minimum atomic E-state index is 0.312. The summed E-state index contributed by atoms with van der Waals surface area (Å²) in [4.78, 5) is 15.5. The van der Waals surface area contributed by atoms with E-state index in [1.807, 2.05) is 42.5 Å². The molecule has 0 bridgehead atoms. The molecule has 1 aromatic carbocycles. The van der Waals surface area contributed by atoms with Gasteiger partial charge in [-0.2, -0.15) is 15.1 Å². The summed E-state index contributed by atoms with van der Waals surface area (Å²) < 4.78 is 12.5. The molecule has 1 N–H and O–H groups in total. The molecule has 0 saturated carbocycles. The number of hydrazone groups is 1. The van der Waals surface area contributed by atoms with Gasteiger partial charge < -0.3 is 14.4 Å². The molecule has 31 heavy (non-hydrogen) atoms. The largest absolute Gasteiger partial charge is 0.463 e. The highest BCUT2D eigenvalue weighted by Gasteiger charge is 2.15. The summed E-state index contributed by atoms with van der Waals surface area (Å²) in [5, 5.41) is 4.33. The van der Waals surface area contributed by atoms with Gasteiger partial charge in [0.15, 0.2) is 5.82 Å². The molecule has 3 heterocycles. The standard InChI is InChI=1S/C22H23IN6O2/c23-18-5-3-4-17(14-18)16-25-28-20-15-21(29-9-12-30-13-10-29)27-22(26-20)31-11-7-19-6-1-2-8-24-19/h1-6,8,14-16H,7,9-13H2,(H,26,27,28)/b25-16+. The summed E-state index contributed by atoms with van der Waals surface area (Å²) in [5.41, 5.74) is 4.98. The fraction of sp³-hybridized carbons (Fsp3) is 0.273. The molecule has 0 atom stereocenters. The molecular weight excluding hydrogens is 507 g/mol. The third-order valence-corrected chi connectivity index (χ3v) is 5.26. The molecule has 0 amide bonds. The number of hydrogen-bond donors (Lipinski definition) is 1. The maximum absolute atomic E-state index is 5.85. The van der Waals surface area contributed by atoms with Crippen LogP contribution in [0.2, 0.25) is 0 Å². The molecule has 4 rings (SSSR count). The SMILES string of the molecule is Ic1cccc(/C=N/Nc2cc(N3CCOCC3)nc(OCCc3ccccn3)n2)c1. The Bertz CT molecular complexity index is 1010. The van der Waals surface area contributed by atoms with Crippen LogP contribution < -0.4 is 15.1 Å². The molecule has 0 unspecified atom stereocenters. The lowest BCUT2D eigenvalue weighted by Crippen LogP contribution is -2.36. The lowest BCUT2D eigenvalue weighted by atomic mass is 10.2. The van der Waals surface area contributed by atoms with Crippen LogP contribution in [0.5, 0.6) is 6.01 Å². The van der Waals surface area contributed by atoms with E-state index >= 15 is 0 Å². The van der Waals surface area contributed by atoms with Crippen LogP contribution in [0.4, 0.5) is 11.6 Å². The molecule has 3 aromatic rings. The molecule has 2 aromatic heterocycles. The van der Waals surface area contributed by atoms with E-state index in [2.05, 4.69) is 59.0 Å². The van der Waals surface area contributed by atoms with Gasteiger partial charge in [0.1, 0.15) is 5.82 Å². The van der Waals surface area contributed by atoms with Crippen molar-refractivity contribution in [2.45, 2.75) is 6.42 Å². The average molecular weight is 530 g/mol. The maximum Gasteiger partial charge on any atom is 0.320 e. The van der Waals surface area contributed by atoms with Crippen molar-refractivity contribution in [3.63, 3.8) is 0 Å². The van der Waals surface area contributed by atoms with Gasteiger partial charge in [0, 0.05) is 41.0 Å². The smallest absolute Gasteiger partial charge is 0.320 e. The van der Waals surface area contributed by atoms with Crippen molar-refractivity contribution in [1.82, 2.24) is 15.0 Å². The van der Waals surface area contributed by atoms with Crippen molar-refractivity contribution < 1.29 is 9.47 Å². The lowest BCUT2D eigenvalue weighted by Gasteiger charge is -2.28. The molecule has 1 saturated heterocycles. The van der Waals surface area contributed by atoms with Crippen LogP contribution >= 0.6 is 22.6 Å². The minimum absolute atomic E-state index is 0.312. The molecule has 0 spiro atoms. The number of anilines is 2. The van der Waals surface area contributed by atoms with Gasteiger partial charge >= 0.3 is 6.01 Å². The first kappa shape index (κ1) is 21.4. The van der Waals surface area contributed by atoms with E-state index in [4.69, 9.17) is 9.47 Å². The number of morpholine rings is 1. The topological polar surface area (TPSA) is 84.8 Å². The van der Waals surface area contributed by atoms with Gasteiger partial charge in [-0.1, -0.05) is 18.2 Å². The summed E-state index contributed by atoms with van der Waals surface area (Å²) in [5.74, 6) is 1.37. The van der Waals surface area contributed by atoms with Crippen LogP contribution in [-0.4, -0.2) is 54.1 Å². The zero-order chi connectivity index (χ0) is 21.3. The predicted molar refractivity (Wildman–Crippen MR) is 129 cm³/mol. The molecular formula is C22H23IN6O2. The zero-order valence-electron chi connectivity index (χ0n) is 16.9. The Morgan fingerprint density at radius 3 is 2.84 bits per heavy atom. The highest BCUT2D eigenvalue weighted by atomic mass is 127. The van der Waals surface area contributed by atoms with Gasteiger partial charge in [-0.3, -0.25) is 10.4 Å². The summed E-state index contributed by atoms with van der Waals surface area (Å²) in [6, 6.07) is 16.1. The summed E-state index contributed by atoms with van der Waals surface area (Å²) in [6.07, 6.45) is 4.22. The number of rotatable bonds is 8. The predicted octanol–water partition coefficient (Wildman–Crippen LogP) is 3.38. The molecule has 160 valence electrons. The Balaban J connectivity index is 1.46. The van der Waals surface area contributed by atoms with Gasteiger partial charge in [-0.05, 0) is 52.4 Å². The van der Waals surface area contributed by atoms with Crippen LogP contribution in [0.25, 0.3) is 0 Å². The molecule has 1 aliphatic heterocycles. The monoisotopic (exact) mass is 530 g/mol. The summed E-state index contributed by atoms with van der Waals surface area (Å²) in [7, 11) is 0. The van der Waals surface area contributed by atoms with E-state index in [9.17, 15) is 0 Å². The van der Waals surface area contributed by atoms with E-state index in [0.717, 1.165) is 33.7 Å². The normalized spacial score (nSPS) is 14.0. The van der Waals surface area contributed by atoms with Crippen molar-refractivity contribution in [3.8, 4) is 6.01 Å². The second kappa shape index (κ2) is 11.0. The quantitative estimate of drug-likeness (QED) is 0.272. The van der Waals surface area contributed by atoms with Crippen LogP contribution in [0.1, 0.15) is 11.3 Å². The van der Waals surface area contributed by atoms with Crippen molar-refractivity contribution in [1.29, 1.82) is 0 Å². The zero-order valence-corrected chi connectivity index (χ0v) is 19.1.